The zero-order valence-electron chi connectivity index (χ0n) is 10.3. The van der Waals surface area contributed by atoms with Crippen LogP contribution in [0.4, 0.5) is 0 Å². The SMILES string of the molecule is CCN1CCCC(N)C1c1ccc(C#N)cc1. The highest BCUT2D eigenvalue weighted by atomic mass is 15.2. The van der Waals surface area contributed by atoms with Gasteiger partial charge < -0.3 is 5.73 Å². The van der Waals surface area contributed by atoms with E-state index in [1.807, 2.05) is 24.3 Å². The van der Waals surface area contributed by atoms with Crippen LogP contribution in [0.3, 0.4) is 0 Å². The average molecular weight is 229 g/mol. The quantitative estimate of drug-likeness (QED) is 0.844. The maximum Gasteiger partial charge on any atom is 0.0991 e. The number of hydrogen-bond donors (Lipinski definition) is 1. The molecule has 0 saturated carbocycles. The maximum atomic E-state index is 8.80. The number of piperidine rings is 1. The Bertz CT molecular complexity index is 404. The standard InChI is InChI=1S/C14H19N3/c1-2-17-9-3-4-13(16)14(17)12-7-5-11(10-15)6-8-12/h5-8,13-14H,2-4,9,16H2,1H3. The molecule has 2 rings (SSSR count). The molecule has 90 valence electrons. The first kappa shape index (κ1) is 12.1. The number of benzene rings is 1. The number of nitrogens with two attached hydrogens (primary N) is 1. The monoisotopic (exact) mass is 229 g/mol. The van der Waals surface area contributed by atoms with E-state index >= 15 is 0 Å². The molecule has 0 aromatic heterocycles. The lowest BCUT2D eigenvalue weighted by Gasteiger charge is -2.39. The summed E-state index contributed by atoms with van der Waals surface area (Å²) in [4.78, 5) is 2.43. The van der Waals surface area contributed by atoms with E-state index in [0.717, 1.165) is 19.5 Å². The largest absolute Gasteiger partial charge is 0.326 e. The zero-order valence-corrected chi connectivity index (χ0v) is 10.3. The van der Waals surface area contributed by atoms with Crippen molar-refractivity contribution in [1.29, 1.82) is 5.26 Å². The van der Waals surface area contributed by atoms with Crippen LogP contribution in [0.15, 0.2) is 24.3 Å². The van der Waals surface area contributed by atoms with E-state index < -0.39 is 0 Å². The van der Waals surface area contributed by atoms with Gasteiger partial charge in [0.15, 0.2) is 0 Å². The van der Waals surface area contributed by atoms with E-state index in [2.05, 4.69) is 17.9 Å². The highest BCUT2D eigenvalue weighted by molar-refractivity contribution is 5.33. The Morgan fingerprint density at radius 1 is 1.41 bits per heavy atom. The lowest BCUT2D eigenvalue weighted by Crippen LogP contribution is -2.45. The summed E-state index contributed by atoms with van der Waals surface area (Å²) in [7, 11) is 0. The van der Waals surface area contributed by atoms with Crippen LogP contribution in [-0.4, -0.2) is 24.0 Å². The van der Waals surface area contributed by atoms with Crippen molar-refractivity contribution in [2.24, 2.45) is 5.73 Å². The van der Waals surface area contributed by atoms with Crippen molar-refractivity contribution in [2.75, 3.05) is 13.1 Å². The summed E-state index contributed by atoms with van der Waals surface area (Å²) in [5, 5.41) is 8.80. The highest BCUT2D eigenvalue weighted by Crippen LogP contribution is 2.29. The van der Waals surface area contributed by atoms with Crippen LogP contribution in [-0.2, 0) is 0 Å². The second kappa shape index (κ2) is 5.31. The molecule has 2 unspecified atom stereocenters. The van der Waals surface area contributed by atoms with Gasteiger partial charge in [0.2, 0.25) is 0 Å². The van der Waals surface area contributed by atoms with Gasteiger partial charge in [-0.3, -0.25) is 4.90 Å². The molecule has 1 aromatic rings. The molecule has 2 atom stereocenters. The van der Waals surface area contributed by atoms with E-state index in [-0.39, 0.29) is 6.04 Å². The third kappa shape index (κ3) is 2.49. The summed E-state index contributed by atoms with van der Waals surface area (Å²) < 4.78 is 0. The Morgan fingerprint density at radius 2 is 2.12 bits per heavy atom. The molecule has 3 heteroatoms. The van der Waals surface area contributed by atoms with Crippen LogP contribution >= 0.6 is 0 Å². The van der Waals surface area contributed by atoms with Crippen LogP contribution in [0.1, 0.15) is 36.9 Å². The van der Waals surface area contributed by atoms with Crippen LogP contribution in [0.2, 0.25) is 0 Å². The third-order valence-electron chi connectivity index (χ3n) is 3.57. The van der Waals surface area contributed by atoms with Crippen LogP contribution in [0, 0.1) is 11.3 Å². The number of likely N-dealkylation sites (N-methyl/N-ethyl adjacent to an activating group) is 1. The second-order valence-corrected chi connectivity index (χ2v) is 4.61. The Morgan fingerprint density at radius 3 is 2.71 bits per heavy atom. The van der Waals surface area contributed by atoms with Crippen molar-refractivity contribution in [3.05, 3.63) is 35.4 Å². The van der Waals surface area contributed by atoms with E-state index in [1.54, 1.807) is 0 Å². The zero-order chi connectivity index (χ0) is 12.3. The van der Waals surface area contributed by atoms with Gasteiger partial charge in [-0.1, -0.05) is 19.1 Å². The molecule has 3 nitrogen and oxygen atoms in total. The minimum absolute atomic E-state index is 0.205. The lowest BCUT2D eigenvalue weighted by molar-refractivity contribution is 0.136. The molecule has 1 aromatic carbocycles. The first-order chi connectivity index (χ1) is 8.26. The second-order valence-electron chi connectivity index (χ2n) is 4.61. The van der Waals surface area contributed by atoms with E-state index in [4.69, 9.17) is 11.0 Å². The molecule has 0 aliphatic carbocycles. The smallest absolute Gasteiger partial charge is 0.0991 e. The fourth-order valence-corrected chi connectivity index (χ4v) is 2.67. The molecule has 0 radical (unpaired) electrons. The predicted octanol–water partition coefficient (Wildman–Crippen LogP) is 2.04. The van der Waals surface area contributed by atoms with Crippen LogP contribution in [0.25, 0.3) is 0 Å². The maximum absolute atomic E-state index is 8.80. The topological polar surface area (TPSA) is 53.0 Å². The molecule has 17 heavy (non-hydrogen) atoms. The minimum Gasteiger partial charge on any atom is -0.326 e. The molecule has 1 aliphatic rings. The van der Waals surface area contributed by atoms with Crippen LogP contribution in [0.5, 0.6) is 0 Å². The summed E-state index contributed by atoms with van der Waals surface area (Å²) >= 11 is 0. The summed E-state index contributed by atoms with van der Waals surface area (Å²) in [6.45, 7) is 4.32. The molecular weight excluding hydrogens is 210 g/mol. The van der Waals surface area contributed by atoms with Crippen molar-refractivity contribution in [1.82, 2.24) is 4.90 Å². The van der Waals surface area contributed by atoms with Gasteiger partial charge in [-0.15, -0.1) is 0 Å². The molecular formula is C14H19N3. The van der Waals surface area contributed by atoms with Crippen LogP contribution < -0.4 is 5.73 Å². The van der Waals surface area contributed by atoms with Crippen molar-refractivity contribution in [3.63, 3.8) is 0 Å². The van der Waals surface area contributed by atoms with E-state index in [0.29, 0.717) is 11.6 Å². The van der Waals surface area contributed by atoms with Gasteiger partial charge >= 0.3 is 0 Å². The molecule has 1 saturated heterocycles. The van der Waals surface area contributed by atoms with Crippen molar-refractivity contribution >= 4 is 0 Å². The van der Waals surface area contributed by atoms with Gasteiger partial charge in [-0.2, -0.15) is 5.26 Å². The summed E-state index contributed by atoms with van der Waals surface area (Å²) in [5.41, 5.74) is 8.18. The van der Waals surface area contributed by atoms with Gasteiger partial charge in [-0.05, 0) is 43.6 Å². The van der Waals surface area contributed by atoms with Gasteiger partial charge in [0, 0.05) is 12.1 Å². The number of nitriles is 1. The summed E-state index contributed by atoms with van der Waals surface area (Å²) in [5.74, 6) is 0. The van der Waals surface area contributed by atoms with Crippen molar-refractivity contribution < 1.29 is 0 Å². The Kier molecular flexibility index (Phi) is 3.78. The Labute approximate surface area is 103 Å². The number of hydrogen-bond acceptors (Lipinski definition) is 3. The molecule has 2 N–H and O–H groups in total. The first-order valence-electron chi connectivity index (χ1n) is 6.26. The summed E-state index contributed by atoms with van der Waals surface area (Å²) in [6, 6.07) is 10.5. The first-order valence-corrected chi connectivity index (χ1v) is 6.26. The van der Waals surface area contributed by atoms with E-state index in [9.17, 15) is 0 Å². The molecule has 0 spiro atoms. The van der Waals surface area contributed by atoms with Gasteiger partial charge in [-0.25, -0.2) is 0 Å². The van der Waals surface area contributed by atoms with Gasteiger partial charge in [0.1, 0.15) is 0 Å². The third-order valence-corrected chi connectivity index (χ3v) is 3.57. The molecule has 1 heterocycles. The minimum atomic E-state index is 0.205. The van der Waals surface area contributed by atoms with Gasteiger partial charge in [0.25, 0.3) is 0 Å². The number of likely N-dealkylation sites (tertiary alicyclic amines) is 1. The number of rotatable bonds is 2. The van der Waals surface area contributed by atoms with Crippen molar-refractivity contribution in [2.45, 2.75) is 31.8 Å². The van der Waals surface area contributed by atoms with E-state index in [1.165, 1.54) is 12.0 Å². The average Bonchev–Trinajstić information content (AvgIpc) is 2.38. The molecule has 1 aliphatic heterocycles. The molecule has 0 bridgehead atoms. The Hall–Kier alpha value is -1.37. The highest BCUT2D eigenvalue weighted by Gasteiger charge is 2.28. The fraction of sp³-hybridized carbons (Fsp3) is 0.500. The number of nitrogens with zero attached hydrogens (tertiary/aromatic N) is 2. The fourth-order valence-electron chi connectivity index (χ4n) is 2.67. The van der Waals surface area contributed by atoms with Crippen molar-refractivity contribution in [3.8, 4) is 6.07 Å². The van der Waals surface area contributed by atoms with Gasteiger partial charge in [0.05, 0.1) is 11.6 Å². The summed E-state index contributed by atoms with van der Waals surface area (Å²) in [6.07, 6.45) is 2.27. The molecule has 0 amide bonds. The normalized spacial score (nSPS) is 25.5. The lowest BCUT2D eigenvalue weighted by atomic mass is 9.90. The molecule has 1 fully saturated rings. The predicted molar refractivity (Wildman–Crippen MR) is 68.4 cm³/mol. The Balaban J connectivity index is 2.25.